The summed E-state index contributed by atoms with van der Waals surface area (Å²) in [4.78, 5) is 40.0. The molecule has 1 heterocycles. The third kappa shape index (κ3) is 3.55. The average Bonchev–Trinajstić information content (AvgIpc) is 2.60. The van der Waals surface area contributed by atoms with Crippen molar-refractivity contribution in [3.8, 4) is 11.1 Å². The van der Waals surface area contributed by atoms with Gasteiger partial charge in [-0.3, -0.25) is 4.98 Å². The molecule has 0 radical (unpaired) electrons. The zero-order chi connectivity index (χ0) is 18.6. The molecule has 1 aromatic heterocycles. The molecule has 0 aliphatic heterocycles. The summed E-state index contributed by atoms with van der Waals surface area (Å²) in [5, 5.41) is 2.91. The van der Waals surface area contributed by atoms with E-state index in [-0.39, 0.29) is 23.4 Å². The normalized spacial score (nSPS) is 10.2. The number of hydrogen-bond donors (Lipinski definition) is 0. The number of pyridine rings is 1. The summed E-state index contributed by atoms with van der Waals surface area (Å²) in [5.41, 5.74) is 2.13. The van der Waals surface area contributed by atoms with Crippen LogP contribution < -0.4 is 0 Å². The van der Waals surface area contributed by atoms with Crippen LogP contribution in [0.15, 0.2) is 29.4 Å². The van der Waals surface area contributed by atoms with Crippen molar-refractivity contribution >= 4 is 17.6 Å². The average molecular weight is 342 g/mol. The Balaban J connectivity index is 2.90. The summed E-state index contributed by atoms with van der Waals surface area (Å²) in [6, 6.07) is 6.32. The molecule has 2 aromatic rings. The quantitative estimate of drug-likeness (QED) is 0.607. The van der Waals surface area contributed by atoms with Crippen LogP contribution in [-0.2, 0) is 9.47 Å². The molecule has 0 spiro atoms. The summed E-state index contributed by atoms with van der Waals surface area (Å²) < 4.78 is 9.97. The summed E-state index contributed by atoms with van der Waals surface area (Å²) in [6.07, 6.45) is 0. The molecule has 2 rings (SSSR count). The molecule has 25 heavy (non-hydrogen) atoms. The van der Waals surface area contributed by atoms with Gasteiger partial charge in [0.25, 0.3) is 0 Å². The van der Waals surface area contributed by atoms with E-state index in [0.717, 1.165) is 0 Å². The number of aryl methyl sites for hydroxylation is 2. The van der Waals surface area contributed by atoms with Crippen LogP contribution in [0.1, 0.15) is 39.0 Å². The fourth-order valence-corrected chi connectivity index (χ4v) is 2.66. The van der Waals surface area contributed by atoms with Crippen molar-refractivity contribution in [3.05, 3.63) is 51.7 Å². The number of rotatable bonds is 5. The van der Waals surface area contributed by atoms with Crippen LogP contribution in [0.25, 0.3) is 11.1 Å². The van der Waals surface area contributed by atoms with Crippen LogP contribution in [0.3, 0.4) is 0 Å². The lowest BCUT2D eigenvalue weighted by Gasteiger charge is -2.17. The predicted molar refractivity (Wildman–Crippen MR) is 91.9 cm³/mol. The largest absolute Gasteiger partial charge is 0.465 e. The molecule has 0 atom stereocenters. The maximum absolute atomic E-state index is 12.5. The van der Waals surface area contributed by atoms with Crippen molar-refractivity contribution < 1.29 is 19.1 Å². The molecule has 0 aliphatic rings. The molecular formula is C18H18N2O5. The van der Waals surface area contributed by atoms with Crippen LogP contribution in [0.5, 0.6) is 0 Å². The van der Waals surface area contributed by atoms with Gasteiger partial charge in [-0.1, -0.05) is 12.1 Å². The number of carbonyl (C=O) groups excluding carboxylic acids is 2. The molecule has 130 valence electrons. The Morgan fingerprint density at radius 1 is 1.12 bits per heavy atom. The Kier molecular flexibility index (Phi) is 5.59. The van der Waals surface area contributed by atoms with Crippen LogP contribution in [0, 0.1) is 18.8 Å². The highest BCUT2D eigenvalue weighted by atomic mass is 16.5. The molecule has 0 saturated carbocycles. The van der Waals surface area contributed by atoms with Crippen molar-refractivity contribution in [3.63, 3.8) is 0 Å². The first-order valence-corrected chi connectivity index (χ1v) is 7.65. The van der Waals surface area contributed by atoms with Gasteiger partial charge in [0.15, 0.2) is 0 Å². The second-order valence-corrected chi connectivity index (χ2v) is 5.26. The van der Waals surface area contributed by atoms with E-state index in [4.69, 9.17) is 9.47 Å². The van der Waals surface area contributed by atoms with E-state index in [1.54, 1.807) is 32.9 Å². The lowest BCUT2D eigenvalue weighted by atomic mass is 9.92. The van der Waals surface area contributed by atoms with Crippen molar-refractivity contribution in [1.29, 1.82) is 0 Å². The molecule has 7 nitrogen and oxygen atoms in total. The van der Waals surface area contributed by atoms with E-state index in [1.807, 2.05) is 0 Å². The highest BCUT2D eigenvalue weighted by molar-refractivity contribution is 6.07. The fraction of sp³-hybridized carbons (Fsp3) is 0.278. The van der Waals surface area contributed by atoms with Crippen LogP contribution >= 0.6 is 0 Å². The molecule has 0 fully saturated rings. The number of benzene rings is 1. The number of carbonyl (C=O) groups is 2. The molecular weight excluding hydrogens is 324 g/mol. The van der Waals surface area contributed by atoms with Gasteiger partial charge in [-0.05, 0) is 43.6 Å². The molecule has 0 aliphatic carbocycles. The van der Waals surface area contributed by atoms with Gasteiger partial charge in [-0.15, -0.1) is 4.91 Å². The highest BCUT2D eigenvalue weighted by Crippen LogP contribution is 2.34. The van der Waals surface area contributed by atoms with Gasteiger partial charge < -0.3 is 9.47 Å². The van der Waals surface area contributed by atoms with Crippen molar-refractivity contribution in [2.45, 2.75) is 20.8 Å². The first-order valence-electron chi connectivity index (χ1n) is 7.65. The standard InChI is InChI=1S/C18H18N2O5/c1-5-25-18(22)15-11(3)19-10(2)14(17(21)24-4)16(15)12-7-6-8-13(9-12)20-23/h6-9H,5H2,1-4H3. The Morgan fingerprint density at radius 2 is 1.76 bits per heavy atom. The Bertz CT molecular complexity index is 846. The number of hydrogen-bond acceptors (Lipinski definition) is 7. The van der Waals surface area contributed by atoms with Gasteiger partial charge in [-0.25, -0.2) is 9.59 Å². The first kappa shape index (κ1) is 18.3. The van der Waals surface area contributed by atoms with Crippen LogP contribution in [0.4, 0.5) is 5.69 Å². The topological polar surface area (TPSA) is 94.9 Å². The summed E-state index contributed by atoms with van der Waals surface area (Å²) in [7, 11) is 1.25. The minimum Gasteiger partial charge on any atom is -0.465 e. The van der Waals surface area contributed by atoms with Gasteiger partial charge in [0.1, 0.15) is 5.69 Å². The molecule has 0 N–H and O–H groups in total. The first-order chi connectivity index (χ1) is 11.9. The molecule has 7 heteroatoms. The summed E-state index contributed by atoms with van der Waals surface area (Å²) >= 11 is 0. The SMILES string of the molecule is CCOC(=O)c1c(C)nc(C)c(C(=O)OC)c1-c1cccc(N=O)c1. The zero-order valence-corrected chi connectivity index (χ0v) is 14.5. The number of nitroso groups, excluding NO2 is 1. The van der Waals surface area contributed by atoms with E-state index in [9.17, 15) is 14.5 Å². The molecule has 0 bridgehead atoms. The van der Waals surface area contributed by atoms with E-state index in [0.29, 0.717) is 22.5 Å². The Labute approximate surface area is 145 Å². The number of esters is 2. The predicted octanol–water partition coefficient (Wildman–Crippen LogP) is 3.73. The molecule has 0 saturated heterocycles. The van der Waals surface area contributed by atoms with Crippen molar-refractivity contribution in [1.82, 2.24) is 4.98 Å². The number of nitrogens with zero attached hydrogens (tertiary/aromatic N) is 2. The number of methoxy groups -OCH3 is 1. The lowest BCUT2D eigenvalue weighted by Crippen LogP contribution is -2.16. The third-order valence-corrected chi connectivity index (χ3v) is 3.67. The van der Waals surface area contributed by atoms with Gasteiger partial charge in [0.2, 0.25) is 0 Å². The lowest BCUT2D eigenvalue weighted by molar-refractivity contribution is 0.0526. The molecule has 0 unspecified atom stereocenters. The number of ether oxygens (including phenoxy) is 2. The smallest absolute Gasteiger partial charge is 0.340 e. The second-order valence-electron chi connectivity index (χ2n) is 5.26. The zero-order valence-electron chi connectivity index (χ0n) is 14.5. The fourth-order valence-electron chi connectivity index (χ4n) is 2.66. The van der Waals surface area contributed by atoms with E-state index in [2.05, 4.69) is 10.2 Å². The highest BCUT2D eigenvalue weighted by Gasteiger charge is 2.27. The minimum absolute atomic E-state index is 0.152. The molecule has 0 amide bonds. The van der Waals surface area contributed by atoms with Crippen LogP contribution in [-0.4, -0.2) is 30.6 Å². The summed E-state index contributed by atoms with van der Waals surface area (Å²) in [5.74, 6) is -1.23. The Morgan fingerprint density at radius 3 is 2.32 bits per heavy atom. The van der Waals surface area contributed by atoms with Gasteiger partial charge in [0, 0.05) is 5.56 Å². The minimum atomic E-state index is -0.630. The molecule has 1 aromatic carbocycles. The third-order valence-electron chi connectivity index (χ3n) is 3.67. The second kappa shape index (κ2) is 7.65. The van der Waals surface area contributed by atoms with E-state index < -0.39 is 11.9 Å². The maximum atomic E-state index is 12.5. The maximum Gasteiger partial charge on any atom is 0.340 e. The number of aromatic nitrogens is 1. The van der Waals surface area contributed by atoms with Gasteiger partial charge in [0.05, 0.1) is 36.2 Å². The van der Waals surface area contributed by atoms with Gasteiger partial charge in [-0.2, -0.15) is 0 Å². The monoisotopic (exact) mass is 342 g/mol. The van der Waals surface area contributed by atoms with Crippen LogP contribution in [0.2, 0.25) is 0 Å². The van der Waals surface area contributed by atoms with E-state index in [1.165, 1.54) is 19.2 Å². The summed E-state index contributed by atoms with van der Waals surface area (Å²) in [6.45, 7) is 5.17. The van der Waals surface area contributed by atoms with Gasteiger partial charge >= 0.3 is 11.9 Å². The van der Waals surface area contributed by atoms with Crippen molar-refractivity contribution in [2.24, 2.45) is 5.18 Å². The van der Waals surface area contributed by atoms with Crippen molar-refractivity contribution in [2.75, 3.05) is 13.7 Å². The van der Waals surface area contributed by atoms with E-state index >= 15 is 0 Å². The Hall–Kier alpha value is -3.09.